The highest BCUT2D eigenvalue weighted by Crippen LogP contribution is 2.38. The van der Waals surface area contributed by atoms with E-state index in [-0.39, 0.29) is 0 Å². The average Bonchev–Trinajstić information content (AvgIpc) is 2.45. The van der Waals surface area contributed by atoms with Crippen LogP contribution < -0.4 is 9.47 Å². The zero-order valence-corrected chi connectivity index (χ0v) is 10.3. The number of hydrogen-bond acceptors (Lipinski definition) is 3. The molecule has 0 aliphatic rings. The fraction of sp³-hybridized carbons (Fsp3) is 0.133. The summed E-state index contributed by atoms with van der Waals surface area (Å²) in [5.74, 6) is 1.46. The second-order valence-corrected chi connectivity index (χ2v) is 4.04. The molecule has 18 heavy (non-hydrogen) atoms. The lowest BCUT2D eigenvalue weighted by molar-refractivity contribution is 0.358. The van der Waals surface area contributed by atoms with Gasteiger partial charge in [0, 0.05) is 11.6 Å². The first-order valence-corrected chi connectivity index (χ1v) is 5.73. The van der Waals surface area contributed by atoms with E-state index in [1.165, 1.54) is 0 Å². The van der Waals surface area contributed by atoms with Crippen LogP contribution in [0.4, 0.5) is 0 Å². The molecule has 0 aliphatic heterocycles. The van der Waals surface area contributed by atoms with Gasteiger partial charge in [0.05, 0.1) is 25.1 Å². The van der Waals surface area contributed by atoms with E-state index in [1.54, 1.807) is 14.2 Å². The van der Waals surface area contributed by atoms with Gasteiger partial charge in [-0.25, -0.2) is 0 Å². The van der Waals surface area contributed by atoms with Crippen LogP contribution >= 0.6 is 0 Å². The van der Waals surface area contributed by atoms with Crippen LogP contribution in [0.25, 0.3) is 21.7 Å². The fourth-order valence-electron chi connectivity index (χ4n) is 2.26. The SMILES string of the molecule is COc1ccc2ncc3ccccc3c2c1OC. The predicted octanol–water partition coefficient (Wildman–Crippen LogP) is 3.41. The van der Waals surface area contributed by atoms with Gasteiger partial charge in [-0.15, -0.1) is 0 Å². The molecule has 0 unspecified atom stereocenters. The van der Waals surface area contributed by atoms with Crippen molar-refractivity contribution in [2.45, 2.75) is 0 Å². The van der Waals surface area contributed by atoms with Crippen molar-refractivity contribution >= 4 is 21.7 Å². The molecule has 0 spiro atoms. The summed E-state index contributed by atoms with van der Waals surface area (Å²) in [7, 11) is 3.29. The first-order chi connectivity index (χ1) is 8.85. The Bertz CT molecular complexity index is 722. The van der Waals surface area contributed by atoms with E-state index in [9.17, 15) is 0 Å². The lowest BCUT2D eigenvalue weighted by Gasteiger charge is -2.12. The zero-order chi connectivity index (χ0) is 12.5. The van der Waals surface area contributed by atoms with Gasteiger partial charge in [0.1, 0.15) is 0 Å². The Morgan fingerprint density at radius 1 is 0.944 bits per heavy atom. The molecule has 3 rings (SSSR count). The molecule has 0 amide bonds. The Kier molecular flexibility index (Phi) is 2.52. The van der Waals surface area contributed by atoms with Gasteiger partial charge in [-0.05, 0) is 17.5 Å². The van der Waals surface area contributed by atoms with E-state index in [4.69, 9.17) is 9.47 Å². The first-order valence-electron chi connectivity index (χ1n) is 5.73. The summed E-state index contributed by atoms with van der Waals surface area (Å²) in [6.07, 6.45) is 1.88. The Morgan fingerprint density at radius 2 is 1.78 bits per heavy atom. The second kappa shape index (κ2) is 4.18. The zero-order valence-electron chi connectivity index (χ0n) is 10.3. The van der Waals surface area contributed by atoms with Crippen LogP contribution in [0.5, 0.6) is 11.5 Å². The van der Waals surface area contributed by atoms with Crippen molar-refractivity contribution < 1.29 is 9.47 Å². The van der Waals surface area contributed by atoms with Crippen molar-refractivity contribution in [1.29, 1.82) is 0 Å². The highest BCUT2D eigenvalue weighted by molar-refractivity contribution is 6.09. The van der Waals surface area contributed by atoms with E-state index >= 15 is 0 Å². The predicted molar refractivity (Wildman–Crippen MR) is 72.4 cm³/mol. The van der Waals surface area contributed by atoms with Gasteiger partial charge >= 0.3 is 0 Å². The summed E-state index contributed by atoms with van der Waals surface area (Å²) in [4.78, 5) is 4.46. The number of aromatic nitrogens is 1. The summed E-state index contributed by atoms with van der Waals surface area (Å²) < 4.78 is 10.8. The van der Waals surface area contributed by atoms with E-state index in [2.05, 4.69) is 11.1 Å². The number of hydrogen-bond donors (Lipinski definition) is 0. The van der Waals surface area contributed by atoms with E-state index in [1.807, 2.05) is 36.5 Å². The number of ether oxygens (including phenoxy) is 2. The molecule has 90 valence electrons. The molecular formula is C15H13NO2. The number of methoxy groups -OCH3 is 2. The molecule has 1 aromatic heterocycles. The summed E-state index contributed by atoms with van der Waals surface area (Å²) >= 11 is 0. The van der Waals surface area contributed by atoms with Crippen LogP contribution in [-0.4, -0.2) is 19.2 Å². The van der Waals surface area contributed by atoms with Crippen molar-refractivity contribution in [1.82, 2.24) is 4.98 Å². The largest absolute Gasteiger partial charge is 0.493 e. The normalized spacial score (nSPS) is 10.8. The van der Waals surface area contributed by atoms with E-state index in [0.717, 1.165) is 33.2 Å². The van der Waals surface area contributed by atoms with Gasteiger partial charge < -0.3 is 9.47 Å². The maximum absolute atomic E-state index is 5.49. The smallest absolute Gasteiger partial charge is 0.170 e. The minimum absolute atomic E-state index is 0.725. The van der Waals surface area contributed by atoms with Crippen LogP contribution in [0.3, 0.4) is 0 Å². The Hall–Kier alpha value is -2.29. The number of pyridine rings is 1. The van der Waals surface area contributed by atoms with Crippen LogP contribution in [0, 0.1) is 0 Å². The summed E-state index contributed by atoms with van der Waals surface area (Å²) in [6, 6.07) is 12.0. The van der Waals surface area contributed by atoms with Gasteiger partial charge in [-0.3, -0.25) is 4.98 Å². The number of nitrogens with zero attached hydrogens (tertiary/aromatic N) is 1. The quantitative estimate of drug-likeness (QED) is 0.642. The van der Waals surface area contributed by atoms with E-state index in [0.29, 0.717) is 0 Å². The molecule has 2 aromatic carbocycles. The molecule has 0 aliphatic carbocycles. The minimum Gasteiger partial charge on any atom is -0.493 e. The molecule has 0 bridgehead atoms. The Labute approximate surface area is 105 Å². The highest BCUT2D eigenvalue weighted by atomic mass is 16.5. The van der Waals surface area contributed by atoms with Crippen LogP contribution in [0.1, 0.15) is 0 Å². The van der Waals surface area contributed by atoms with Crippen molar-refractivity contribution in [3.05, 3.63) is 42.6 Å². The summed E-state index contributed by atoms with van der Waals surface area (Å²) in [6.45, 7) is 0. The monoisotopic (exact) mass is 239 g/mol. The summed E-state index contributed by atoms with van der Waals surface area (Å²) in [5.41, 5.74) is 0.909. The topological polar surface area (TPSA) is 31.4 Å². The molecule has 0 saturated carbocycles. The lowest BCUT2D eigenvalue weighted by Crippen LogP contribution is -1.93. The second-order valence-electron chi connectivity index (χ2n) is 4.04. The number of rotatable bonds is 2. The van der Waals surface area contributed by atoms with Crippen molar-refractivity contribution in [2.24, 2.45) is 0 Å². The molecule has 0 saturated heterocycles. The molecule has 3 heteroatoms. The van der Waals surface area contributed by atoms with Gasteiger partial charge in [-0.2, -0.15) is 0 Å². The maximum atomic E-state index is 5.49. The first kappa shape index (κ1) is 10.8. The molecule has 0 atom stereocenters. The molecule has 0 fully saturated rings. The maximum Gasteiger partial charge on any atom is 0.170 e. The van der Waals surface area contributed by atoms with Gasteiger partial charge in [-0.1, -0.05) is 24.3 Å². The fourth-order valence-corrected chi connectivity index (χ4v) is 2.26. The van der Waals surface area contributed by atoms with Crippen molar-refractivity contribution in [3.63, 3.8) is 0 Å². The van der Waals surface area contributed by atoms with Gasteiger partial charge in [0.2, 0.25) is 0 Å². The van der Waals surface area contributed by atoms with Crippen LogP contribution in [-0.2, 0) is 0 Å². The molecular weight excluding hydrogens is 226 g/mol. The standard InChI is InChI=1S/C15H13NO2/c1-17-13-8-7-12-14(15(13)18-2)11-6-4-3-5-10(11)9-16-12/h3-9H,1-2H3. The van der Waals surface area contributed by atoms with Crippen molar-refractivity contribution in [2.75, 3.05) is 14.2 Å². The Morgan fingerprint density at radius 3 is 2.56 bits per heavy atom. The molecule has 0 N–H and O–H groups in total. The van der Waals surface area contributed by atoms with Gasteiger partial charge in [0.15, 0.2) is 11.5 Å². The molecule has 3 aromatic rings. The highest BCUT2D eigenvalue weighted by Gasteiger charge is 2.12. The van der Waals surface area contributed by atoms with Gasteiger partial charge in [0.25, 0.3) is 0 Å². The number of benzene rings is 2. The summed E-state index contributed by atoms with van der Waals surface area (Å²) in [5, 5.41) is 3.21. The average molecular weight is 239 g/mol. The molecule has 3 nitrogen and oxygen atoms in total. The molecule has 0 radical (unpaired) electrons. The van der Waals surface area contributed by atoms with Crippen LogP contribution in [0.15, 0.2) is 42.6 Å². The van der Waals surface area contributed by atoms with Crippen LogP contribution in [0.2, 0.25) is 0 Å². The number of fused-ring (bicyclic) bond motifs is 3. The third kappa shape index (κ3) is 1.48. The van der Waals surface area contributed by atoms with E-state index < -0.39 is 0 Å². The third-order valence-corrected chi connectivity index (χ3v) is 3.10. The minimum atomic E-state index is 0.725. The third-order valence-electron chi connectivity index (χ3n) is 3.10. The van der Waals surface area contributed by atoms with Crippen molar-refractivity contribution in [3.8, 4) is 11.5 Å². The lowest BCUT2D eigenvalue weighted by atomic mass is 10.1. The molecule has 1 heterocycles. The Balaban J connectivity index is 2.53.